The zero-order chi connectivity index (χ0) is 13.2. The highest BCUT2D eigenvalue weighted by Crippen LogP contribution is 2.25. The Kier molecular flexibility index (Phi) is 3.51. The van der Waals surface area contributed by atoms with Gasteiger partial charge in [0.15, 0.2) is 0 Å². The van der Waals surface area contributed by atoms with Crippen molar-refractivity contribution in [3.05, 3.63) is 48.0 Å². The Labute approximate surface area is 114 Å². The molecule has 0 aliphatic carbocycles. The van der Waals surface area contributed by atoms with E-state index in [1.165, 1.54) is 16.3 Å². The number of piperazine rings is 1. The molecule has 3 N–H and O–H groups in total. The summed E-state index contributed by atoms with van der Waals surface area (Å²) in [6.07, 6.45) is 0. The first-order chi connectivity index (χ1) is 9.25. The van der Waals surface area contributed by atoms with Gasteiger partial charge < -0.3 is 16.0 Å². The van der Waals surface area contributed by atoms with Crippen molar-refractivity contribution in [2.75, 3.05) is 26.7 Å². The van der Waals surface area contributed by atoms with Gasteiger partial charge in [-0.1, -0.05) is 42.5 Å². The average molecular weight is 255 g/mol. The van der Waals surface area contributed by atoms with Crippen LogP contribution in [0.5, 0.6) is 0 Å². The second kappa shape index (κ2) is 5.29. The van der Waals surface area contributed by atoms with Gasteiger partial charge in [0.25, 0.3) is 0 Å². The molecule has 1 aliphatic rings. The number of fused-ring (bicyclic) bond motifs is 1. The highest BCUT2D eigenvalue weighted by molar-refractivity contribution is 5.86. The largest absolute Gasteiger partial charge is 0.323 e. The molecule has 3 rings (SSSR count). The molecule has 0 spiro atoms. The van der Waals surface area contributed by atoms with Crippen LogP contribution in [0.3, 0.4) is 0 Å². The van der Waals surface area contributed by atoms with Crippen molar-refractivity contribution in [2.24, 2.45) is 5.73 Å². The topological polar surface area (TPSA) is 41.3 Å². The van der Waals surface area contributed by atoms with Crippen LogP contribution in [0.2, 0.25) is 0 Å². The van der Waals surface area contributed by atoms with E-state index in [-0.39, 0.29) is 6.04 Å². The number of likely N-dealkylation sites (N-methyl/N-ethyl adjacent to an activating group) is 1. The summed E-state index contributed by atoms with van der Waals surface area (Å²) in [4.78, 5) is 2.34. The lowest BCUT2D eigenvalue weighted by atomic mass is 9.93. The minimum atomic E-state index is 0.0360. The molecule has 0 amide bonds. The third-order valence-corrected chi connectivity index (χ3v) is 4.02. The molecule has 19 heavy (non-hydrogen) atoms. The Morgan fingerprint density at radius 3 is 2.84 bits per heavy atom. The van der Waals surface area contributed by atoms with Crippen LogP contribution in [0.1, 0.15) is 11.6 Å². The van der Waals surface area contributed by atoms with Crippen LogP contribution in [0.15, 0.2) is 42.5 Å². The maximum Gasteiger partial charge on any atom is 0.0469 e. The second-order valence-corrected chi connectivity index (χ2v) is 5.42. The van der Waals surface area contributed by atoms with Crippen LogP contribution in [0.25, 0.3) is 10.8 Å². The molecule has 1 aliphatic heterocycles. The number of nitrogens with zero attached hydrogens (tertiary/aromatic N) is 1. The summed E-state index contributed by atoms with van der Waals surface area (Å²) in [5.74, 6) is 0. The first-order valence-corrected chi connectivity index (χ1v) is 6.91. The molecule has 2 unspecified atom stereocenters. The first-order valence-electron chi connectivity index (χ1n) is 6.91. The molecule has 0 aromatic heterocycles. The number of hydrogen-bond acceptors (Lipinski definition) is 3. The van der Waals surface area contributed by atoms with E-state index >= 15 is 0 Å². The van der Waals surface area contributed by atoms with Gasteiger partial charge in [-0.3, -0.25) is 0 Å². The van der Waals surface area contributed by atoms with E-state index < -0.39 is 0 Å². The first kappa shape index (κ1) is 12.6. The molecule has 2 atom stereocenters. The molecule has 100 valence electrons. The average Bonchev–Trinajstić information content (AvgIpc) is 2.46. The summed E-state index contributed by atoms with van der Waals surface area (Å²) >= 11 is 0. The minimum absolute atomic E-state index is 0.0360. The number of rotatable bonds is 2. The van der Waals surface area contributed by atoms with Gasteiger partial charge in [0, 0.05) is 31.7 Å². The minimum Gasteiger partial charge on any atom is -0.323 e. The Bertz CT molecular complexity index is 561. The summed E-state index contributed by atoms with van der Waals surface area (Å²) < 4.78 is 0. The molecule has 0 radical (unpaired) electrons. The van der Waals surface area contributed by atoms with Crippen molar-refractivity contribution in [1.82, 2.24) is 10.2 Å². The van der Waals surface area contributed by atoms with Gasteiger partial charge in [0.05, 0.1) is 0 Å². The summed E-state index contributed by atoms with van der Waals surface area (Å²) in [7, 11) is 2.16. The second-order valence-electron chi connectivity index (χ2n) is 5.42. The zero-order valence-corrected chi connectivity index (χ0v) is 11.3. The van der Waals surface area contributed by atoms with E-state index in [2.05, 4.69) is 59.7 Å². The van der Waals surface area contributed by atoms with Crippen molar-refractivity contribution in [1.29, 1.82) is 0 Å². The van der Waals surface area contributed by atoms with E-state index in [4.69, 9.17) is 5.73 Å². The van der Waals surface area contributed by atoms with Crippen molar-refractivity contribution in [3.8, 4) is 0 Å². The van der Waals surface area contributed by atoms with Gasteiger partial charge in [-0.15, -0.1) is 0 Å². The Morgan fingerprint density at radius 1 is 1.21 bits per heavy atom. The van der Waals surface area contributed by atoms with Crippen molar-refractivity contribution >= 4 is 10.8 Å². The fourth-order valence-corrected chi connectivity index (χ4v) is 2.93. The zero-order valence-electron chi connectivity index (χ0n) is 11.3. The summed E-state index contributed by atoms with van der Waals surface area (Å²) in [5.41, 5.74) is 7.75. The van der Waals surface area contributed by atoms with Crippen LogP contribution >= 0.6 is 0 Å². The lowest BCUT2D eigenvalue weighted by Crippen LogP contribution is -2.53. The van der Waals surface area contributed by atoms with E-state index in [0.717, 1.165) is 19.6 Å². The smallest absolute Gasteiger partial charge is 0.0469 e. The molecule has 1 heterocycles. The van der Waals surface area contributed by atoms with Crippen LogP contribution < -0.4 is 11.1 Å². The van der Waals surface area contributed by atoms with E-state index in [1.54, 1.807) is 0 Å². The van der Waals surface area contributed by atoms with E-state index in [1.807, 2.05) is 0 Å². The predicted molar refractivity (Wildman–Crippen MR) is 80.2 cm³/mol. The molecule has 3 nitrogen and oxygen atoms in total. The standard InChI is InChI=1S/C16H21N3/c1-19-10-9-18-15(11-19)16(17)14-8-4-6-12-5-2-3-7-13(12)14/h2-8,15-16,18H,9-11,17H2,1H3. The van der Waals surface area contributed by atoms with Gasteiger partial charge in [0.1, 0.15) is 0 Å². The summed E-state index contributed by atoms with van der Waals surface area (Å²) in [6.45, 7) is 3.11. The van der Waals surface area contributed by atoms with E-state index in [0.29, 0.717) is 6.04 Å². The predicted octanol–water partition coefficient (Wildman–Crippen LogP) is 1.74. The lowest BCUT2D eigenvalue weighted by Gasteiger charge is -2.35. The van der Waals surface area contributed by atoms with Crippen molar-refractivity contribution in [2.45, 2.75) is 12.1 Å². The van der Waals surface area contributed by atoms with Gasteiger partial charge in [-0.2, -0.15) is 0 Å². The molecular formula is C16H21N3. The molecule has 1 fully saturated rings. The summed E-state index contributed by atoms with van der Waals surface area (Å²) in [5, 5.41) is 6.08. The van der Waals surface area contributed by atoms with Gasteiger partial charge in [-0.05, 0) is 23.4 Å². The Morgan fingerprint density at radius 2 is 2.00 bits per heavy atom. The normalized spacial score (nSPS) is 22.5. The third-order valence-electron chi connectivity index (χ3n) is 4.02. The Hall–Kier alpha value is -1.42. The van der Waals surface area contributed by atoms with Crippen LogP contribution in [0.4, 0.5) is 0 Å². The van der Waals surface area contributed by atoms with Crippen molar-refractivity contribution < 1.29 is 0 Å². The number of nitrogens with one attached hydrogen (secondary N) is 1. The number of hydrogen-bond donors (Lipinski definition) is 2. The Balaban J connectivity index is 1.95. The molecule has 3 heteroatoms. The SMILES string of the molecule is CN1CCNC(C(N)c2cccc3ccccc23)C1. The maximum absolute atomic E-state index is 6.51. The molecule has 0 bridgehead atoms. The molecule has 2 aromatic carbocycles. The molecular weight excluding hydrogens is 234 g/mol. The van der Waals surface area contributed by atoms with Gasteiger partial charge >= 0.3 is 0 Å². The fourth-order valence-electron chi connectivity index (χ4n) is 2.93. The summed E-state index contributed by atoms with van der Waals surface area (Å²) in [6, 6.07) is 15.2. The van der Waals surface area contributed by atoms with Crippen LogP contribution in [-0.2, 0) is 0 Å². The quantitative estimate of drug-likeness (QED) is 0.859. The monoisotopic (exact) mass is 255 g/mol. The van der Waals surface area contributed by atoms with Crippen LogP contribution in [-0.4, -0.2) is 37.6 Å². The highest BCUT2D eigenvalue weighted by atomic mass is 15.2. The number of benzene rings is 2. The molecule has 1 saturated heterocycles. The van der Waals surface area contributed by atoms with Crippen molar-refractivity contribution in [3.63, 3.8) is 0 Å². The van der Waals surface area contributed by atoms with Gasteiger partial charge in [-0.25, -0.2) is 0 Å². The lowest BCUT2D eigenvalue weighted by molar-refractivity contribution is 0.220. The van der Waals surface area contributed by atoms with E-state index in [9.17, 15) is 0 Å². The highest BCUT2D eigenvalue weighted by Gasteiger charge is 2.24. The maximum atomic E-state index is 6.51. The van der Waals surface area contributed by atoms with Crippen LogP contribution in [0, 0.1) is 0 Å². The van der Waals surface area contributed by atoms with Gasteiger partial charge in [0.2, 0.25) is 0 Å². The number of nitrogens with two attached hydrogens (primary N) is 1. The third kappa shape index (κ3) is 2.50. The molecule has 0 saturated carbocycles. The fraction of sp³-hybridized carbons (Fsp3) is 0.375. The molecule has 2 aromatic rings.